The van der Waals surface area contributed by atoms with E-state index in [0.717, 1.165) is 23.4 Å². The number of pyridine rings is 1. The monoisotopic (exact) mass is 402 g/mol. The van der Waals surface area contributed by atoms with E-state index in [-0.39, 0.29) is 17.8 Å². The van der Waals surface area contributed by atoms with Crippen molar-refractivity contribution in [2.45, 2.75) is 51.6 Å². The van der Waals surface area contributed by atoms with Crippen molar-refractivity contribution in [3.63, 3.8) is 0 Å². The number of carbonyl (C=O) groups excluding carboxylic acids is 2. The van der Waals surface area contributed by atoms with E-state index in [2.05, 4.69) is 22.4 Å². The summed E-state index contributed by atoms with van der Waals surface area (Å²) < 4.78 is 5.52. The number of nitrogens with zero attached hydrogens (tertiary/aromatic N) is 1. The van der Waals surface area contributed by atoms with Gasteiger partial charge in [0.25, 0.3) is 0 Å². The molecule has 2 heterocycles. The van der Waals surface area contributed by atoms with Crippen LogP contribution >= 0.6 is 0 Å². The van der Waals surface area contributed by atoms with Crippen LogP contribution in [0.1, 0.15) is 56.7 Å². The van der Waals surface area contributed by atoms with Gasteiger partial charge in [-0.1, -0.05) is 36.4 Å². The summed E-state index contributed by atoms with van der Waals surface area (Å²) in [5, 5.41) is 3.36. The number of hydrogen-bond acceptors (Lipinski definition) is 5. The highest BCUT2D eigenvalue weighted by atomic mass is 16.5. The molecule has 2 aromatic rings. The summed E-state index contributed by atoms with van der Waals surface area (Å²) in [6.07, 6.45) is 2.58. The van der Waals surface area contributed by atoms with E-state index in [9.17, 15) is 9.59 Å². The fourth-order valence-corrected chi connectivity index (χ4v) is 4.39. The van der Waals surface area contributed by atoms with E-state index in [4.69, 9.17) is 4.74 Å². The largest absolute Gasteiger partial charge is 0.460 e. The Morgan fingerprint density at radius 2 is 1.83 bits per heavy atom. The Labute approximate surface area is 176 Å². The highest BCUT2D eigenvalue weighted by molar-refractivity contribution is 6.04. The summed E-state index contributed by atoms with van der Waals surface area (Å²) in [5.41, 5.74) is 4.55. The average molecular weight is 402 g/mol. The third-order valence-corrected chi connectivity index (χ3v) is 5.64. The smallest absolute Gasteiger partial charge is 0.337 e. The number of aromatic nitrogens is 1. The third-order valence-electron chi connectivity index (χ3n) is 5.64. The highest BCUT2D eigenvalue weighted by Gasteiger charge is 2.42. The van der Waals surface area contributed by atoms with Gasteiger partial charge in [0.05, 0.1) is 23.3 Å². The number of ether oxygens (including phenoxy) is 1. The lowest BCUT2D eigenvalue weighted by atomic mass is 9.73. The summed E-state index contributed by atoms with van der Waals surface area (Å²) in [7, 11) is 0. The molecule has 0 unspecified atom stereocenters. The van der Waals surface area contributed by atoms with Crippen LogP contribution in [0.2, 0.25) is 0 Å². The molecule has 0 saturated carbocycles. The molecule has 1 aliphatic carbocycles. The van der Waals surface area contributed by atoms with Crippen molar-refractivity contribution in [3.8, 4) is 0 Å². The molecule has 0 amide bonds. The van der Waals surface area contributed by atoms with Crippen LogP contribution in [0.15, 0.2) is 77.3 Å². The van der Waals surface area contributed by atoms with E-state index in [1.54, 1.807) is 6.20 Å². The van der Waals surface area contributed by atoms with Crippen molar-refractivity contribution in [2.75, 3.05) is 0 Å². The first-order chi connectivity index (χ1) is 14.5. The van der Waals surface area contributed by atoms with Crippen LogP contribution in [-0.4, -0.2) is 22.8 Å². The molecule has 0 radical (unpaired) electrons. The molecule has 1 aromatic carbocycles. The molecule has 0 spiro atoms. The Hall–Kier alpha value is -3.21. The van der Waals surface area contributed by atoms with E-state index in [0.29, 0.717) is 23.3 Å². The summed E-state index contributed by atoms with van der Waals surface area (Å²) >= 11 is 0. The van der Waals surface area contributed by atoms with Crippen molar-refractivity contribution in [3.05, 3.63) is 88.5 Å². The van der Waals surface area contributed by atoms with Gasteiger partial charge in [-0.3, -0.25) is 9.78 Å². The number of allylic oxidation sites excluding steroid dienone is 3. The molecule has 30 heavy (non-hydrogen) atoms. The maximum Gasteiger partial charge on any atom is 0.337 e. The van der Waals surface area contributed by atoms with Crippen molar-refractivity contribution in [2.24, 2.45) is 0 Å². The Morgan fingerprint density at radius 1 is 1.10 bits per heavy atom. The SMILES string of the molecule is CC1=C(C(=O)OC(C)C)[C@H](c2ccccn2)C2=C(C[C@H](c3ccccc3)CC2=O)N1. The molecular weight excluding hydrogens is 376 g/mol. The van der Waals surface area contributed by atoms with Gasteiger partial charge in [-0.25, -0.2) is 4.79 Å². The lowest BCUT2D eigenvalue weighted by Crippen LogP contribution is -2.36. The molecule has 1 aromatic heterocycles. The first kappa shape index (κ1) is 20.1. The molecule has 1 N–H and O–H groups in total. The van der Waals surface area contributed by atoms with Crippen LogP contribution in [0.3, 0.4) is 0 Å². The van der Waals surface area contributed by atoms with Gasteiger partial charge < -0.3 is 10.1 Å². The maximum atomic E-state index is 13.4. The highest BCUT2D eigenvalue weighted by Crippen LogP contribution is 2.45. The van der Waals surface area contributed by atoms with E-state index < -0.39 is 11.9 Å². The summed E-state index contributed by atoms with van der Waals surface area (Å²) in [5.74, 6) is -0.755. The first-order valence-corrected chi connectivity index (χ1v) is 10.4. The minimum absolute atomic E-state index is 0.0515. The molecule has 5 nitrogen and oxygen atoms in total. The topological polar surface area (TPSA) is 68.3 Å². The first-order valence-electron chi connectivity index (χ1n) is 10.4. The van der Waals surface area contributed by atoms with Crippen LogP contribution in [0.5, 0.6) is 0 Å². The second-order valence-electron chi connectivity index (χ2n) is 8.14. The van der Waals surface area contributed by atoms with Crippen molar-refractivity contribution in [1.82, 2.24) is 10.3 Å². The second-order valence-corrected chi connectivity index (χ2v) is 8.14. The molecule has 0 saturated heterocycles. The lowest BCUT2D eigenvalue weighted by Gasteiger charge is -2.36. The molecule has 2 atom stereocenters. The molecular formula is C25H26N2O3. The van der Waals surface area contributed by atoms with Gasteiger partial charge in [0.2, 0.25) is 0 Å². The number of rotatable bonds is 4. The minimum atomic E-state index is -0.516. The fourth-order valence-electron chi connectivity index (χ4n) is 4.39. The lowest BCUT2D eigenvalue weighted by molar-refractivity contribution is -0.143. The van der Waals surface area contributed by atoms with Crippen LogP contribution in [-0.2, 0) is 14.3 Å². The Bertz CT molecular complexity index is 1020. The van der Waals surface area contributed by atoms with Crippen molar-refractivity contribution < 1.29 is 14.3 Å². The predicted molar refractivity (Wildman–Crippen MR) is 114 cm³/mol. The molecule has 5 heteroatoms. The Morgan fingerprint density at radius 3 is 2.50 bits per heavy atom. The van der Waals surface area contributed by atoms with Crippen LogP contribution < -0.4 is 5.32 Å². The van der Waals surface area contributed by atoms with Crippen molar-refractivity contribution >= 4 is 11.8 Å². The van der Waals surface area contributed by atoms with Crippen LogP contribution in [0.4, 0.5) is 0 Å². The van der Waals surface area contributed by atoms with Gasteiger partial charge in [0.15, 0.2) is 5.78 Å². The summed E-state index contributed by atoms with van der Waals surface area (Å²) in [4.78, 5) is 30.9. The maximum absolute atomic E-state index is 13.4. The number of hydrogen-bond donors (Lipinski definition) is 1. The van der Waals surface area contributed by atoms with E-state index in [1.165, 1.54) is 0 Å². The van der Waals surface area contributed by atoms with Gasteiger partial charge in [-0.05, 0) is 50.8 Å². The normalized spacial score (nSPS) is 21.4. The molecule has 0 fully saturated rings. The number of ketones is 1. The van der Waals surface area contributed by atoms with Gasteiger partial charge in [0.1, 0.15) is 0 Å². The quantitative estimate of drug-likeness (QED) is 0.768. The van der Waals surface area contributed by atoms with Gasteiger partial charge in [0, 0.05) is 29.6 Å². The van der Waals surface area contributed by atoms with Gasteiger partial charge in [-0.2, -0.15) is 0 Å². The number of dihydropyridines is 1. The number of esters is 1. The molecule has 4 rings (SSSR count). The number of Topliss-reactive ketones (excluding diaryl/α,β-unsaturated/α-hetero) is 1. The minimum Gasteiger partial charge on any atom is -0.460 e. The summed E-state index contributed by atoms with van der Waals surface area (Å²) in [6.45, 7) is 5.51. The second kappa shape index (κ2) is 8.27. The number of carbonyl (C=O) groups is 2. The zero-order chi connectivity index (χ0) is 21.3. The standard InChI is InChI=1S/C25H26N2O3/c1-15(2)30-25(29)22-16(3)27-20-13-18(17-9-5-4-6-10-17)14-21(28)23(20)24(22)19-11-7-8-12-26-19/h4-12,15,18,24,27H,13-14H2,1-3H3/t18-,24-/m0/s1. The average Bonchev–Trinajstić information content (AvgIpc) is 2.73. The van der Waals surface area contributed by atoms with Gasteiger partial charge in [-0.15, -0.1) is 0 Å². The summed E-state index contributed by atoms with van der Waals surface area (Å²) in [6, 6.07) is 15.7. The molecule has 154 valence electrons. The fraction of sp³-hybridized carbons (Fsp3) is 0.320. The predicted octanol–water partition coefficient (Wildman–Crippen LogP) is 4.39. The molecule has 1 aliphatic heterocycles. The zero-order valence-corrected chi connectivity index (χ0v) is 17.5. The van der Waals surface area contributed by atoms with Crippen LogP contribution in [0, 0.1) is 0 Å². The van der Waals surface area contributed by atoms with Crippen LogP contribution in [0.25, 0.3) is 0 Å². The van der Waals surface area contributed by atoms with E-state index in [1.807, 2.05) is 57.2 Å². The molecule has 2 aliphatic rings. The Kier molecular flexibility index (Phi) is 5.53. The van der Waals surface area contributed by atoms with E-state index >= 15 is 0 Å². The number of nitrogens with one attached hydrogen (secondary N) is 1. The van der Waals surface area contributed by atoms with Gasteiger partial charge >= 0.3 is 5.97 Å². The number of benzene rings is 1. The van der Waals surface area contributed by atoms with Crippen molar-refractivity contribution in [1.29, 1.82) is 0 Å². The third kappa shape index (κ3) is 3.80. The zero-order valence-electron chi connectivity index (χ0n) is 17.5. The molecule has 0 bridgehead atoms. The Balaban J connectivity index is 1.78.